The van der Waals surface area contributed by atoms with Crippen LogP contribution in [-0.4, -0.2) is 47.4 Å². The SMILES string of the molecule is C=CC(=O)N1CCCC[C@@H](N(C)C(C)(C)C)C1. The van der Waals surface area contributed by atoms with E-state index in [1.165, 1.54) is 18.9 Å². The Bertz CT molecular complexity index is 280. The van der Waals surface area contributed by atoms with Gasteiger partial charge in [0.15, 0.2) is 0 Å². The van der Waals surface area contributed by atoms with Gasteiger partial charge in [-0.15, -0.1) is 0 Å². The summed E-state index contributed by atoms with van der Waals surface area (Å²) >= 11 is 0. The van der Waals surface area contributed by atoms with Crippen LogP contribution in [0, 0.1) is 0 Å². The maximum Gasteiger partial charge on any atom is 0.246 e. The summed E-state index contributed by atoms with van der Waals surface area (Å²) in [5, 5.41) is 0. The number of hydrogen-bond donors (Lipinski definition) is 0. The molecule has 1 aliphatic heterocycles. The normalized spacial score (nSPS) is 22.4. The zero-order valence-corrected chi connectivity index (χ0v) is 11.7. The molecule has 17 heavy (non-hydrogen) atoms. The Morgan fingerprint density at radius 2 is 2.06 bits per heavy atom. The van der Waals surface area contributed by atoms with Crippen LogP contribution in [0.25, 0.3) is 0 Å². The van der Waals surface area contributed by atoms with Crippen LogP contribution in [-0.2, 0) is 4.79 Å². The van der Waals surface area contributed by atoms with E-state index in [2.05, 4.69) is 39.3 Å². The topological polar surface area (TPSA) is 23.6 Å². The minimum Gasteiger partial charge on any atom is -0.338 e. The molecule has 0 spiro atoms. The Labute approximate surface area is 105 Å². The fraction of sp³-hybridized carbons (Fsp3) is 0.786. The number of amides is 1. The second-order valence-corrected chi connectivity index (χ2v) is 5.92. The average Bonchev–Trinajstić information content (AvgIpc) is 2.51. The quantitative estimate of drug-likeness (QED) is 0.689. The summed E-state index contributed by atoms with van der Waals surface area (Å²) in [6, 6.07) is 0.460. The summed E-state index contributed by atoms with van der Waals surface area (Å²) in [4.78, 5) is 16.1. The van der Waals surface area contributed by atoms with Crippen molar-refractivity contribution in [2.75, 3.05) is 20.1 Å². The highest BCUT2D eigenvalue weighted by molar-refractivity contribution is 5.87. The Balaban J connectivity index is 2.72. The second kappa shape index (κ2) is 5.67. The molecule has 0 bridgehead atoms. The first-order chi connectivity index (χ1) is 7.86. The molecule has 98 valence electrons. The number of likely N-dealkylation sites (tertiary alicyclic amines) is 1. The summed E-state index contributed by atoms with van der Waals surface area (Å²) < 4.78 is 0. The van der Waals surface area contributed by atoms with Crippen LogP contribution in [0.3, 0.4) is 0 Å². The molecule has 3 heteroatoms. The number of carbonyl (C=O) groups excluding carboxylic acids is 1. The van der Waals surface area contributed by atoms with Gasteiger partial charge in [-0.1, -0.05) is 13.0 Å². The van der Waals surface area contributed by atoms with E-state index in [-0.39, 0.29) is 11.4 Å². The van der Waals surface area contributed by atoms with Gasteiger partial charge in [-0.25, -0.2) is 0 Å². The maximum absolute atomic E-state index is 11.7. The molecule has 0 unspecified atom stereocenters. The van der Waals surface area contributed by atoms with E-state index in [1.807, 2.05) is 4.90 Å². The van der Waals surface area contributed by atoms with Gasteiger partial charge in [-0.05, 0) is 46.7 Å². The Morgan fingerprint density at radius 1 is 1.41 bits per heavy atom. The van der Waals surface area contributed by atoms with Crippen molar-refractivity contribution in [3.63, 3.8) is 0 Å². The smallest absolute Gasteiger partial charge is 0.246 e. The van der Waals surface area contributed by atoms with Crippen molar-refractivity contribution in [1.29, 1.82) is 0 Å². The molecule has 1 atom stereocenters. The highest BCUT2D eigenvalue weighted by atomic mass is 16.2. The van der Waals surface area contributed by atoms with Crippen molar-refractivity contribution in [2.24, 2.45) is 0 Å². The number of hydrogen-bond acceptors (Lipinski definition) is 2. The predicted octanol–water partition coefficient (Wildman–Crippen LogP) is 2.28. The maximum atomic E-state index is 11.7. The van der Waals surface area contributed by atoms with Crippen molar-refractivity contribution in [2.45, 2.75) is 51.6 Å². The van der Waals surface area contributed by atoms with Crippen LogP contribution in [0.15, 0.2) is 12.7 Å². The summed E-state index contributed by atoms with van der Waals surface area (Å²) in [7, 11) is 2.16. The van der Waals surface area contributed by atoms with E-state index in [4.69, 9.17) is 0 Å². The summed E-state index contributed by atoms with van der Waals surface area (Å²) in [5.41, 5.74) is 0.151. The molecule has 1 amide bonds. The van der Waals surface area contributed by atoms with Gasteiger partial charge in [0.25, 0.3) is 0 Å². The lowest BCUT2D eigenvalue weighted by Crippen LogP contribution is -2.50. The molecule has 0 aromatic heterocycles. The molecule has 1 saturated heterocycles. The molecule has 0 N–H and O–H groups in total. The lowest BCUT2D eigenvalue weighted by atomic mass is 10.0. The zero-order valence-electron chi connectivity index (χ0n) is 11.7. The summed E-state index contributed by atoms with van der Waals surface area (Å²) in [6.45, 7) is 11.9. The molecule has 0 radical (unpaired) electrons. The third kappa shape index (κ3) is 3.84. The minimum absolute atomic E-state index is 0.0687. The predicted molar refractivity (Wildman–Crippen MR) is 71.9 cm³/mol. The van der Waals surface area contributed by atoms with Gasteiger partial charge in [0.2, 0.25) is 5.91 Å². The molecule has 0 aromatic rings. The Hall–Kier alpha value is -0.830. The van der Waals surface area contributed by atoms with Crippen LogP contribution < -0.4 is 0 Å². The molecule has 3 nitrogen and oxygen atoms in total. The van der Waals surface area contributed by atoms with Crippen molar-refractivity contribution in [1.82, 2.24) is 9.80 Å². The van der Waals surface area contributed by atoms with E-state index in [1.54, 1.807) is 0 Å². The largest absolute Gasteiger partial charge is 0.338 e. The molecule has 1 heterocycles. The van der Waals surface area contributed by atoms with Crippen molar-refractivity contribution in [3.8, 4) is 0 Å². The molecule has 1 fully saturated rings. The zero-order chi connectivity index (χ0) is 13.1. The van der Waals surface area contributed by atoms with Gasteiger partial charge in [-0.2, -0.15) is 0 Å². The van der Waals surface area contributed by atoms with Gasteiger partial charge in [0, 0.05) is 24.7 Å². The van der Waals surface area contributed by atoms with E-state index in [0.717, 1.165) is 19.5 Å². The van der Waals surface area contributed by atoms with Crippen LogP contribution in [0.4, 0.5) is 0 Å². The fourth-order valence-electron chi connectivity index (χ4n) is 2.31. The average molecular weight is 238 g/mol. The highest BCUT2D eigenvalue weighted by Crippen LogP contribution is 2.21. The van der Waals surface area contributed by atoms with Crippen molar-refractivity contribution < 1.29 is 4.79 Å². The Kier molecular flexibility index (Phi) is 4.75. The molecule has 0 aromatic carbocycles. The molecule has 1 rings (SSSR count). The van der Waals surface area contributed by atoms with Crippen molar-refractivity contribution in [3.05, 3.63) is 12.7 Å². The van der Waals surface area contributed by atoms with Gasteiger partial charge in [-0.3, -0.25) is 9.69 Å². The third-order valence-corrected chi connectivity index (χ3v) is 3.74. The molecule has 1 aliphatic rings. The van der Waals surface area contributed by atoms with Crippen LogP contribution in [0.1, 0.15) is 40.0 Å². The first-order valence-corrected chi connectivity index (χ1v) is 6.50. The summed E-state index contributed by atoms with van der Waals surface area (Å²) in [6.07, 6.45) is 4.91. The molecule has 0 saturated carbocycles. The first kappa shape index (κ1) is 14.2. The molecule has 0 aliphatic carbocycles. The minimum atomic E-state index is 0.0687. The third-order valence-electron chi connectivity index (χ3n) is 3.74. The lowest BCUT2D eigenvalue weighted by molar-refractivity contribution is -0.126. The standard InChI is InChI=1S/C14H26N2O/c1-6-13(17)16-10-8-7-9-12(11-16)15(5)14(2,3)4/h6,12H,1,7-11H2,2-5H3/t12-/m1/s1. The van der Waals surface area contributed by atoms with E-state index >= 15 is 0 Å². The lowest BCUT2D eigenvalue weighted by Gasteiger charge is -2.39. The number of nitrogens with zero attached hydrogens (tertiary/aromatic N) is 2. The van der Waals surface area contributed by atoms with Crippen molar-refractivity contribution >= 4 is 5.91 Å². The molecular weight excluding hydrogens is 212 g/mol. The number of likely N-dealkylation sites (N-methyl/N-ethyl adjacent to an activating group) is 1. The monoisotopic (exact) mass is 238 g/mol. The summed E-state index contributed by atoms with van der Waals surface area (Å²) in [5.74, 6) is 0.0687. The molecular formula is C14H26N2O. The van der Waals surface area contributed by atoms with Crippen LogP contribution in [0.5, 0.6) is 0 Å². The van der Waals surface area contributed by atoms with Gasteiger partial charge in [0.05, 0.1) is 0 Å². The number of rotatable bonds is 2. The van der Waals surface area contributed by atoms with E-state index < -0.39 is 0 Å². The van der Waals surface area contributed by atoms with Crippen LogP contribution >= 0.6 is 0 Å². The van der Waals surface area contributed by atoms with E-state index in [9.17, 15) is 4.79 Å². The Morgan fingerprint density at radius 3 is 2.59 bits per heavy atom. The van der Waals surface area contributed by atoms with Gasteiger partial charge >= 0.3 is 0 Å². The van der Waals surface area contributed by atoms with E-state index in [0.29, 0.717) is 6.04 Å². The fourth-order valence-corrected chi connectivity index (χ4v) is 2.31. The number of carbonyl (C=O) groups is 1. The second-order valence-electron chi connectivity index (χ2n) is 5.92. The highest BCUT2D eigenvalue weighted by Gasteiger charge is 2.29. The van der Waals surface area contributed by atoms with Gasteiger partial charge < -0.3 is 4.90 Å². The first-order valence-electron chi connectivity index (χ1n) is 6.50. The van der Waals surface area contributed by atoms with Gasteiger partial charge in [0.1, 0.15) is 0 Å². The van der Waals surface area contributed by atoms with Crippen LogP contribution in [0.2, 0.25) is 0 Å².